The number of hydrogen-bond donors (Lipinski definition) is 0. The number of ether oxygens (including phenoxy) is 3. The van der Waals surface area contributed by atoms with Crippen LogP contribution in [0.3, 0.4) is 0 Å². The van der Waals surface area contributed by atoms with E-state index in [9.17, 15) is 9.59 Å². The van der Waals surface area contributed by atoms with Gasteiger partial charge in [0.25, 0.3) is 0 Å². The Balaban J connectivity index is 1.59. The van der Waals surface area contributed by atoms with E-state index in [1.807, 2.05) is 6.07 Å². The molecule has 1 aromatic carbocycles. The molecule has 0 bridgehead atoms. The minimum absolute atomic E-state index is 0.0717. The molecule has 0 unspecified atom stereocenters. The molecule has 7 nitrogen and oxygen atoms in total. The number of likely N-dealkylation sites (tertiary alicyclic amines) is 1. The van der Waals surface area contributed by atoms with Crippen molar-refractivity contribution in [3.8, 4) is 17.6 Å². The second-order valence-corrected chi connectivity index (χ2v) is 5.40. The second-order valence-electron chi connectivity index (χ2n) is 5.40. The van der Waals surface area contributed by atoms with E-state index in [1.165, 1.54) is 6.08 Å². The fourth-order valence-electron chi connectivity index (χ4n) is 2.57. The zero-order chi connectivity index (χ0) is 16.9. The Morgan fingerprint density at radius 2 is 2.21 bits per heavy atom. The Bertz CT molecular complexity index is 735. The van der Waals surface area contributed by atoms with Crippen LogP contribution in [0, 0.1) is 11.3 Å². The van der Waals surface area contributed by atoms with Crippen molar-refractivity contribution in [1.29, 1.82) is 5.26 Å². The van der Waals surface area contributed by atoms with Crippen molar-refractivity contribution in [3.05, 3.63) is 29.3 Å². The molecule has 0 aromatic heterocycles. The fourth-order valence-corrected chi connectivity index (χ4v) is 2.57. The lowest BCUT2D eigenvalue weighted by Crippen LogP contribution is -2.29. The summed E-state index contributed by atoms with van der Waals surface area (Å²) in [4.78, 5) is 25.1. The summed E-state index contributed by atoms with van der Waals surface area (Å²) in [5.74, 6) is 0.565. The average molecular weight is 328 g/mol. The number of benzene rings is 1. The zero-order valence-corrected chi connectivity index (χ0v) is 13.0. The summed E-state index contributed by atoms with van der Waals surface area (Å²) >= 11 is 0. The van der Waals surface area contributed by atoms with Crippen LogP contribution in [0.25, 0.3) is 6.08 Å². The summed E-state index contributed by atoms with van der Waals surface area (Å²) in [5.41, 5.74) is 0.532. The van der Waals surface area contributed by atoms with Crippen LogP contribution in [-0.4, -0.2) is 43.3 Å². The Labute approximate surface area is 139 Å². The molecule has 124 valence electrons. The Kier molecular flexibility index (Phi) is 4.66. The fraction of sp³-hybridized carbons (Fsp3) is 0.353. The highest BCUT2D eigenvalue weighted by molar-refractivity contribution is 5.98. The van der Waals surface area contributed by atoms with E-state index in [0.29, 0.717) is 36.6 Å². The van der Waals surface area contributed by atoms with Crippen molar-refractivity contribution in [2.24, 2.45) is 0 Å². The molecule has 2 heterocycles. The van der Waals surface area contributed by atoms with Crippen LogP contribution in [0.15, 0.2) is 23.8 Å². The van der Waals surface area contributed by atoms with Gasteiger partial charge in [0.05, 0.1) is 6.54 Å². The Morgan fingerprint density at radius 1 is 1.38 bits per heavy atom. The van der Waals surface area contributed by atoms with Gasteiger partial charge in [0.1, 0.15) is 18.2 Å². The molecule has 0 spiro atoms. The maximum atomic E-state index is 12.0. The minimum atomic E-state index is -0.707. The van der Waals surface area contributed by atoms with Crippen LogP contribution in [0.1, 0.15) is 18.4 Å². The predicted molar refractivity (Wildman–Crippen MR) is 82.9 cm³/mol. The van der Waals surface area contributed by atoms with Crippen LogP contribution in [0.4, 0.5) is 0 Å². The largest absolute Gasteiger partial charge is 0.460 e. The van der Waals surface area contributed by atoms with E-state index >= 15 is 0 Å². The normalized spacial score (nSPS) is 16.2. The number of carbonyl (C=O) groups excluding carboxylic acids is 2. The van der Waals surface area contributed by atoms with Crippen LogP contribution >= 0.6 is 0 Å². The first-order valence-corrected chi connectivity index (χ1v) is 7.64. The highest BCUT2D eigenvalue weighted by Gasteiger charge is 2.20. The van der Waals surface area contributed by atoms with Gasteiger partial charge in [-0.25, -0.2) is 4.79 Å². The first-order valence-electron chi connectivity index (χ1n) is 7.64. The quantitative estimate of drug-likeness (QED) is 0.462. The van der Waals surface area contributed by atoms with Crippen LogP contribution in [0.5, 0.6) is 11.5 Å². The van der Waals surface area contributed by atoms with Gasteiger partial charge < -0.3 is 19.1 Å². The van der Waals surface area contributed by atoms with Gasteiger partial charge in [-0.05, 0) is 30.2 Å². The molecule has 1 amide bonds. The van der Waals surface area contributed by atoms with Crippen LogP contribution in [0.2, 0.25) is 0 Å². The SMILES string of the molecule is N#C/C(=C\c1ccc2c(c1)OCO2)C(=O)OCCN1CCCC1=O. The van der Waals surface area contributed by atoms with Crippen molar-refractivity contribution in [3.63, 3.8) is 0 Å². The Morgan fingerprint density at radius 3 is 2.96 bits per heavy atom. The van der Waals surface area contributed by atoms with Gasteiger partial charge in [-0.1, -0.05) is 6.07 Å². The zero-order valence-electron chi connectivity index (χ0n) is 13.0. The number of carbonyl (C=O) groups is 2. The number of hydrogen-bond acceptors (Lipinski definition) is 6. The first-order chi connectivity index (χ1) is 11.7. The molecule has 1 aromatic rings. The molecule has 7 heteroatoms. The van der Waals surface area contributed by atoms with Crippen LogP contribution in [-0.2, 0) is 14.3 Å². The van der Waals surface area contributed by atoms with E-state index in [-0.39, 0.29) is 24.9 Å². The van der Waals surface area contributed by atoms with E-state index in [2.05, 4.69) is 0 Å². The number of nitrogens with zero attached hydrogens (tertiary/aromatic N) is 2. The van der Waals surface area contributed by atoms with Gasteiger partial charge in [-0.15, -0.1) is 0 Å². The number of nitriles is 1. The Hall–Kier alpha value is -3.01. The molecular formula is C17H16N2O5. The van der Waals surface area contributed by atoms with Gasteiger partial charge in [-0.2, -0.15) is 5.26 Å². The summed E-state index contributed by atoms with van der Waals surface area (Å²) in [6.07, 6.45) is 2.81. The summed E-state index contributed by atoms with van der Waals surface area (Å²) in [7, 11) is 0. The van der Waals surface area contributed by atoms with E-state index in [4.69, 9.17) is 19.5 Å². The highest BCUT2D eigenvalue weighted by Crippen LogP contribution is 2.33. The molecule has 0 aliphatic carbocycles. The molecule has 0 saturated carbocycles. The molecule has 1 fully saturated rings. The summed E-state index contributed by atoms with van der Waals surface area (Å²) in [6.45, 7) is 1.28. The van der Waals surface area contributed by atoms with Gasteiger partial charge in [-0.3, -0.25) is 4.79 Å². The van der Waals surface area contributed by atoms with Crippen molar-refractivity contribution >= 4 is 18.0 Å². The van der Waals surface area contributed by atoms with Gasteiger partial charge in [0, 0.05) is 13.0 Å². The van der Waals surface area contributed by atoms with Gasteiger partial charge in [0.15, 0.2) is 11.5 Å². The molecule has 0 atom stereocenters. The molecule has 1 saturated heterocycles. The number of amides is 1. The number of rotatable bonds is 5. The molecule has 2 aliphatic rings. The maximum Gasteiger partial charge on any atom is 0.348 e. The van der Waals surface area contributed by atoms with Gasteiger partial charge in [0.2, 0.25) is 12.7 Å². The molecule has 2 aliphatic heterocycles. The minimum Gasteiger partial charge on any atom is -0.460 e. The lowest BCUT2D eigenvalue weighted by atomic mass is 10.1. The molecule has 0 N–H and O–H groups in total. The van der Waals surface area contributed by atoms with Crippen molar-refractivity contribution in [1.82, 2.24) is 4.90 Å². The van der Waals surface area contributed by atoms with E-state index in [0.717, 1.165) is 6.42 Å². The summed E-state index contributed by atoms with van der Waals surface area (Å²) in [5, 5.41) is 9.16. The lowest BCUT2D eigenvalue weighted by Gasteiger charge is -2.14. The molecule has 0 radical (unpaired) electrons. The first kappa shape index (κ1) is 15.9. The molecular weight excluding hydrogens is 312 g/mol. The summed E-state index contributed by atoms with van der Waals surface area (Å²) < 4.78 is 15.6. The monoisotopic (exact) mass is 328 g/mol. The van der Waals surface area contributed by atoms with Crippen molar-refractivity contribution < 1.29 is 23.8 Å². The van der Waals surface area contributed by atoms with Crippen molar-refractivity contribution in [2.45, 2.75) is 12.8 Å². The van der Waals surface area contributed by atoms with Crippen molar-refractivity contribution in [2.75, 3.05) is 26.5 Å². The molecule has 3 rings (SSSR count). The third kappa shape index (κ3) is 3.49. The third-order valence-electron chi connectivity index (χ3n) is 3.81. The number of esters is 1. The second kappa shape index (κ2) is 7.04. The van der Waals surface area contributed by atoms with Gasteiger partial charge >= 0.3 is 5.97 Å². The van der Waals surface area contributed by atoms with E-state index in [1.54, 1.807) is 23.1 Å². The topological polar surface area (TPSA) is 88.9 Å². The smallest absolute Gasteiger partial charge is 0.348 e. The summed E-state index contributed by atoms with van der Waals surface area (Å²) in [6, 6.07) is 6.97. The third-order valence-corrected chi connectivity index (χ3v) is 3.81. The highest BCUT2D eigenvalue weighted by atomic mass is 16.7. The predicted octanol–water partition coefficient (Wildman–Crippen LogP) is 1.49. The van der Waals surface area contributed by atoms with Crippen LogP contribution < -0.4 is 9.47 Å². The average Bonchev–Trinajstić information content (AvgIpc) is 3.21. The number of fused-ring (bicyclic) bond motifs is 1. The standard InChI is InChI=1S/C17H16N2O5/c18-10-13(8-12-3-4-14-15(9-12)24-11-23-14)17(21)22-7-6-19-5-1-2-16(19)20/h3-4,8-9H,1-2,5-7,11H2/b13-8+. The lowest BCUT2D eigenvalue weighted by molar-refractivity contribution is -0.140. The van der Waals surface area contributed by atoms with E-state index < -0.39 is 5.97 Å². The molecule has 24 heavy (non-hydrogen) atoms. The maximum absolute atomic E-state index is 12.0.